The fraction of sp³-hybridized carbons (Fsp3) is 0.118. The first-order valence-electron chi connectivity index (χ1n) is 6.53. The number of benzene rings is 2. The Morgan fingerprint density at radius 3 is 2.55 bits per heavy atom. The molecule has 0 amide bonds. The molecule has 0 aliphatic heterocycles. The summed E-state index contributed by atoms with van der Waals surface area (Å²) in [4.78, 5) is 12.1. The summed E-state index contributed by atoms with van der Waals surface area (Å²) in [6.45, 7) is 0. The Balaban J connectivity index is 1.85. The average molecular weight is 284 g/mol. The van der Waals surface area contributed by atoms with Crippen LogP contribution in [0.15, 0.2) is 66.7 Å². The third kappa shape index (κ3) is 2.61. The second-order valence-electron chi connectivity index (χ2n) is 4.83. The molecule has 1 aliphatic carbocycles. The van der Waals surface area contributed by atoms with E-state index in [1.54, 1.807) is 6.08 Å². The van der Waals surface area contributed by atoms with Gasteiger partial charge in [0.25, 0.3) is 0 Å². The Kier molecular flexibility index (Phi) is 3.57. The van der Waals surface area contributed by atoms with Crippen LogP contribution in [-0.2, 0) is 4.79 Å². The molecule has 20 heavy (non-hydrogen) atoms. The van der Waals surface area contributed by atoms with Crippen LogP contribution in [0, 0.1) is 0 Å². The van der Waals surface area contributed by atoms with Crippen LogP contribution in [0.5, 0.6) is 0 Å². The number of hydrogen-bond acceptors (Lipinski definition) is 2. The summed E-state index contributed by atoms with van der Waals surface area (Å²) in [6, 6.07) is 17.3. The van der Waals surface area contributed by atoms with E-state index in [0.717, 1.165) is 11.3 Å². The lowest BCUT2D eigenvalue weighted by Gasteiger charge is -2.21. The molecule has 2 aromatic carbocycles. The molecule has 0 bridgehead atoms. The van der Waals surface area contributed by atoms with Crippen LogP contribution in [0.3, 0.4) is 0 Å². The highest BCUT2D eigenvalue weighted by molar-refractivity contribution is 6.30. The summed E-state index contributed by atoms with van der Waals surface area (Å²) >= 11 is 5.99. The molecule has 0 heterocycles. The second-order valence-corrected chi connectivity index (χ2v) is 5.27. The minimum atomic E-state index is -0.171. The number of allylic oxidation sites excluding steroid dienone is 1. The van der Waals surface area contributed by atoms with E-state index in [4.69, 9.17) is 11.6 Å². The van der Waals surface area contributed by atoms with E-state index in [1.165, 1.54) is 0 Å². The highest BCUT2D eigenvalue weighted by Crippen LogP contribution is 2.30. The van der Waals surface area contributed by atoms with Crippen molar-refractivity contribution < 1.29 is 4.79 Å². The van der Waals surface area contributed by atoms with Gasteiger partial charge in [0, 0.05) is 10.7 Å². The van der Waals surface area contributed by atoms with Gasteiger partial charge >= 0.3 is 0 Å². The van der Waals surface area contributed by atoms with Crippen molar-refractivity contribution in [2.75, 3.05) is 5.32 Å². The van der Waals surface area contributed by atoms with Crippen molar-refractivity contribution in [3.63, 3.8) is 0 Å². The third-order valence-corrected chi connectivity index (χ3v) is 3.69. The van der Waals surface area contributed by atoms with E-state index in [1.807, 2.05) is 60.7 Å². The number of halogens is 1. The quantitative estimate of drug-likeness (QED) is 0.921. The number of rotatable bonds is 3. The van der Waals surface area contributed by atoms with Crippen molar-refractivity contribution in [3.8, 4) is 0 Å². The lowest BCUT2D eigenvalue weighted by atomic mass is 9.92. The molecule has 3 rings (SSSR count). The molecule has 0 fully saturated rings. The van der Waals surface area contributed by atoms with Crippen molar-refractivity contribution in [2.24, 2.45) is 0 Å². The van der Waals surface area contributed by atoms with Crippen LogP contribution in [-0.4, -0.2) is 11.8 Å². The predicted octanol–water partition coefficient (Wildman–Crippen LogP) is 4.04. The van der Waals surface area contributed by atoms with Gasteiger partial charge in [-0.05, 0) is 29.8 Å². The van der Waals surface area contributed by atoms with Gasteiger partial charge < -0.3 is 5.32 Å². The summed E-state index contributed by atoms with van der Waals surface area (Å²) < 4.78 is 0. The number of hydrogen-bond donors (Lipinski definition) is 1. The molecule has 0 radical (unpaired) electrons. The van der Waals surface area contributed by atoms with Crippen molar-refractivity contribution in [1.82, 2.24) is 0 Å². The molecule has 2 atom stereocenters. The predicted molar refractivity (Wildman–Crippen MR) is 82.2 cm³/mol. The molecular weight excluding hydrogens is 270 g/mol. The Morgan fingerprint density at radius 2 is 1.80 bits per heavy atom. The molecule has 3 heteroatoms. The lowest BCUT2D eigenvalue weighted by Crippen LogP contribution is -2.25. The maximum Gasteiger partial charge on any atom is 0.165 e. The maximum atomic E-state index is 12.1. The lowest BCUT2D eigenvalue weighted by molar-refractivity contribution is -0.115. The third-order valence-electron chi connectivity index (χ3n) is 3.45. The summed E-state index contributed by atoms with van der Waals surface area (Å²) in [5.74, 6) is -0.0362. The molecule has 0 unspecified atom stereocenters. The van der Waals surface area contributed by atoms with Crippen molar-refractivity contribution in [2.45, 2.75) is 12.0 Å². The Hall–Kier alpha value is -2.06. The van der Waals surface area contributed by atoms with E-state index in [-0.39, 0.29) is 17.7 Å². The standard InChI is InChI=1S/C17H14ClNO/c18-13-7-4-8-14(11-13)19-15-9-10-16(20)17(15)12-5-2-1-3-6-12/h1-11,15,17,19H/t15-,17+/m1/s1. The van der Waals surface area contributed by atoms with E-state index >= 15 is 0 Å². The molecular formula is C17H14ClNO. The topological polar surface area (TPSA) is 29.1 Å². The van der Waals surface area contributed by atoms with Crippen LogP contribution in [0.2, 0.25) is 5.02 Å². The van der Waals surface area contributed by atoms with Gasteiger partial charge in [0.1, 0.15) is 0 Å². The molecule has 0 aromatic heterocycles. The molecule has 0 spiro atoms. The number of carbonyl (C=O) groups is 1. The number of nitrogens with one attached hydrogen (secondary N) is 1. The van der Waals surface area contributed by atoms with Crippen LogP contribution in [0.4, 0.5) is 5.69 Å². The van der Waals surface area contributed by atoms with Crippen LogP contribution >= 0.6 is 11.6 Å². The van der Waals surface area contributed by atoms with E-state index < -0.39 is 0 Å². The largest absolute Gasteiger partial charge is 0.378 e. The number of ketones is 1. The maximum absolute atomic E-state index is 12.1. The van der Waals surface area contributed by atoms with Gasteiger partial charge in [0.2, 0.25) is 0 Å². The van der Waals surface area contributed by atoms with Crippen molar-refractivity contribution in [3.05, 3.63) is 77.3 Å². The van der Waals surface area contributed by atoms with E-state index in [9.17, 15) is 4.79 Å². The first-order valence-corrected chi connectivity index (χ1v) is 6.91. The molecule has 1 N–H and O–H groups in total. The van der Waals surface area contributed by atoms with Gasteiger partial charge in [-0.2, -0.15) is 0 Å². The van der Waals surface area contributed by atoms with E-state index in [0.29, 0.717) is 5.02 Å². The van der Waals surface area contributed by atoms with Gasteiger partial charge in [-0.15, -0.1) is 0 Å². The molecule has 2 nitrogen and oxygen atoms in total. The Morgan fingerprint density at radius 1 is 1.00 bits per heavy atom. The van der Waals surface area contributed by atoms with Crippen LogP contribution in [0.1, 0.15) is 11.5 Å². The molecule has 2 aromatic rings. The molecule has 1 aliphatic rings. The van der Waals surface area contributed by atoms with E-state index in [2.05, 4.69) is 5.32 Å². The normalized spacial score (nSPS) is 21.1. The number of anilines is 1. The summed E-state index contributed by atoms with van der Waals surface area (Å²) in [7, 11) is 0. The van der Waals surface area contributed by atoms with Gasteiger partial charge in [0.05, 0.1) is 12.0 Å². The van der Waals surface area contributed by atoms with Gasteiger partial charge in [-0.1, -0.05) is 54.1 Å². The van der Waals surface area contributed by atoms with Crippen molar-refractivity contribution in [1.29, 1.82) is 0 Å². The SMILES string of the molecule is O=C1C=C[C@@H](Nc2cccc(Cl)c2)[C@@H]1c1ccccc1. The van der Waals surface area contributed by atoms with Crippen LogP contribution < -0.4 is 5.32 Å². The monoisotopic (exact) mass is 283 g/mol. The molecule has 0 saturated carbocycles. The van der Waals surface area contributed by atoms with Crippen molar-refractivity contribution >= 4 is 23.1 Å². The van der Waals surface area contributed by atoms with Gasteiger partial charge in [-0.3, -0.25) is 4.79 Å². The van der Waals surface area contributed by atoms with Gasteiger partial charge in [0.15, 0.2) is 5.78 Å². The second kappa shape index (κ2) is 5.51. The molecule has 0 saturated heterocycles. The summed E-state index contributed by atoms with van der Waals surface area (Å²) in [5, 5.41) is 4.05. The highest BCUT2D eigenvalue weighted by atomic mass is 35.5. The fourth-order valence-corrected chi connectivity index (χ4v) is 2.71. The average Bonchev–Trinajstić information content (AvgIpc) is 2.81. The summed E-state index contributed by atoms with van der Waals surface area (Å²) in [6.07, 6.45) is 3.57. The van der Waals surface area contributed by atoms with Gasteiger partial charge in [-0.25, -0.2) is 0 Å². The zero-order valence-corrected chi connectivity index (χ0v) is 11.5. The van der Waals surface area contributed by atoms with Crippen LogP contribution in [0.25, 0.3) is 0 Å². The number of carbonyl (C=O) groups excluding carboxylic acids is 1. The zero-order chi connectivity index (χ0) is 13.9. The Labute approximate surface area is 123 Å². The summed E-state index contributed by atoms with van der Waals surface area (Å²) in [5.41, 5.74) is 1.95. The fourth-order valence-electron chi connectivity index (χ4n) is 2.52. The minimum absolute atomic E-state index is 0.0385. The first kappa shape index (κ1) is 12.9. The first-order chi connectivity index (χ1) is 9.74. The molecule has 100 valence electrons. The zero-order valence-electron chi connectivity index (χ0n) is 10.8. The minimum Gasteiger partial charge on any atom is -0.378 e. The highest BCUT2D eigenvalue weighted by Gasteiger charge is 2.31. The smallest absolute Gasteiger partial charge is 0.165 e. The Bertz CT molecular complexity index is 651.